The van der Waals surface area contributed by atoms with Crippen molar-refractivity contribution in [2.75, 3.05) is 0 Å². The van der Waals surface area contributed by atoms with Crippen LogP contribution in [0.3, 0.4) is 0 Å². The first-order valence-electron chi connectivity index (χ1n) is 10.4. The molecule has 0 fully saturated rings. The zero-order valence-electron chi connectivity index (χ0n) is 18.9. The molecule has 2 aromatic carbocycles. The van der Waals surface area contributed by atoms with Gasteiger partial charge in [-0.15, -0.1) is 0 Å². The Morgan fingerprint density at radius 3 is 2.30 bits per heavy atom. The van der Waals surface area contributed by atoms with E-state index >= 15 is 0 Å². The second-order valence-electron chi connectivity index (χ2n) is 8.25. The molecular formula is C25H23ClF3N3O. The Morgan fingerprint density at radius 1 is 1.00 bits per heavy atom. The van der Waals surface area contributed by atoms with Gasteiger partial charge in [-0.25, -0.2) is 4.68 Å². The van der Waals surface area contributed by atoms with Gasteiger partial charge in [0.1, 0.15) is 6.61 Å². The average Bonchev–Trinajstić information content (AvgIpc) is 3.04. The molecule has 0 amide bonds. The lowest BCUT2D eigenvalue weighted by molar-refractivity contribution is -0.136. The third-order valence-corrected chi connectivity index (χ3v) is 6.18. The largest absolute Gasteiger partial charge is 0.473 e. The zero-order chi connectivity index (χ0) is 24.1. The van der Waals surface area contributed by atoms with Gasteiger partial charge >= 0.3 is 6.18 Å². The van der Waals surface area contributed by atoms with Crippen molar-refractivity contribution in [1.29, 1.82) is 0 Å². The maximum Gasteiger partial charge on any atom is 0.417 e. The molecule has 2 heterocycles. The Kier molecular flexibility index (Phi) is 5.86. The van der Waals surface area contributed by atoms with Crippen LogP contribution in [0.2, 0.25) is 5.02 Å². The fourth-order valence-electron chi connectivity index (χ4n) is 4.14. The number of hydrogen-bond acceptors (Lipinski definition) is 3. The highest BCUT2D eigenvalue weighted by molar-refractivity contribution is 6.31. The Hall–Kier alpha value is -3.06. The number of benzene rings is 2. The van der Waals surface area contributed by atoms with E-state index in [2.05, 4.69) is 10.1 Å². The number of fused-ring (bicyclic) bond motifs is 1. The summed E-state index contributed by atoms with van der Waals surface area (Å²) in [4.78, 5) is 4.44. The van der Waals surface area contributed by atoms with Crippen molar-refractivity contribution in [2.24, 2.45) is 0 Å². The van der Waals surface area contributed by atoms with Crippen molar-refractivity contribution in [2.45, 2.75) is 47.4 Å². The first-order chi connectivity index (χ1) is 15.5. The van der Waals surface area contributed by atoms with Crippen LogP contribution in [0.1, 0.15) is 39.1 Å². The Morgan fingerprint density at radius 2 is 1.67 bits per heavy atom. The molecule has 0 aliphatic carbocycles. The van der Waals surface area contributed by atoms with Crippen molar-refractivity contribution in [1.82, 2.24) is 14.8 Å². The summed E-state index contributed by atoms with van der Waals surface area (Å²) in [6.45, 7) is 9.34. The lowest BCUT2D eigenvalue weighted by Crippen LogP contribution is -2.09. The Labute approximate surface area is 195 Å². The van der Waals surface area contributed by atoms with Crippen LogP contribution in [0.5, 0.6) is 5.88 Å². The van der Waals surface area contributed by atoms with E-state index in [9.17, 15) is 13.2 Å². The Balaban J connectivity index is 1.87. The van der Waals surface area contributed by atoms with Crippen LogP contribution in [0.25, 0.3) is 16.7 Å². The summed E-state index contributed by atoms with van der Waals surface area (Å²) in [6, 6.07) is 10.2. The average molecular weight is 474 g/mol. The van der Waals surface area contributed by atoms with E-state index in [0.29, 0.717) is 16.3 Å². The van der Waals surface area contributed by atoms with Crippen molar-refractivity contribution < 1.29 is 17.9 Å². The molecule has 0 N–H and O–H groups in total. The predicted molar refractivity (Wildman–Crippen MR) is 123 cm³/mol. The molecule has 33 heavy (non-hydrogen) atoms. The van der Waals surface area contributed by atoms with E-state index in [1.165, 1.54) is 11.6 Å². The number of aromatic nitrogens is 3. The molecule has 4 rings (SSSR count). The summed E-state index contributed by atoms with van der Waals surface area (Å²) in [5.74, 6) is -0.116. The number of aryl methyl sites for hydroxylation is 4. The maximum absolute atomic E-state index is 14.0. The van der Waals surface area contributed by atoms with Crippen molar-refractivity contribution >= 4 is 22.6 Å². The van der Waals surface area contributed by atoms with E-state index in [4.69, 9.17) is 16.3 Å². The first kappa shape index (κ1) is 23.1. The van der Waals surface area contributed by atoms with E-state index in [0.717, 1.165) is 28.3 Å². The van der Waals surface area contributed by atoms with Crippen LogP contribution in [0.4, 0.5) is 13.2 Å². The number of alkyl halides is 3. The molecule has 0 saturated carbocycles. The van der Waals surface area contributed by atoms with Crippen LogP contribution < -0.4 is 4.74 Å². The smallest absolute Gasteiger partial charge is 0.417 e. The van der Waals surface area contributed by atoms with Crippen LogP contribution in [-0.2, 0) is 12.8 Å². The third-order valence-electron chi connectivity index (χ3n) is 5.77. The molecule has 4 aromatic rings. The summed E-state index contributed by atoms with van der Waals surface area (Å²) in [7, 11) is 0. The van der Waals surface area contributed by atoms with Crippen LogP contribution in [0.15, 0.2) is 36.4 Å². The van der Waals surface area contributed by atoms with Gasteiger partial charge in [0.2, 0.25) is 5.88 Å². The number of halogens is 4. The van der Waals surface area contributed by atoms with Gasteiger partial charge in [0, 0.05) is 11.1 Å². The molecule has 172 valence electrons. The van der Waals surface area contributed by atoms with Gasteiger partial charge in [0.15, 0.2) is 5.65 Å². The van der Waals surface area contributed by atoms with E-state index < -0.39 is 11.7 Å². The molecule has 0 atom stereocenters. The number of rotatable bonds is 4. The van der Waals surface area contributed by atoms with Crippen LogP contribution >= 0.6 is 11.6 Å². The molecule has 0 aliphatic rings. The van der Waals surface area contributed by atoms with E-state index in [-0.39, 0.29) is 29.2 Å². The summed E-state index contributed by atoms with van der Waals surface area (Å²) < 4.78 is 49.3. The molecule has 0 saturated heterocycles. The fraction of sp³-hybridized carbons (Fsp3) is 0.280. The number of ether oxygens (including phenoxy) is 1. The predicted octanol–water partition coefficient (Wildman–Crippen LogP) is 7.21. The highest BCUT2D eigenvalue weighted by Crippen LogP contribution is 2.39. The normalized spacial score (nSPS) is 11.9. The summed E-state index contributed by atoms with van der Waals surface area (Å²) >= 11 is 6.25. The first-order valence-corrected chi connectivity index (χ1v) is 10.8. The molecule has 0 aliphatic heterocycles. The highest BCUT2D eigenvalue weighted by Gasteiger charge is 2.36. The lowest BCUT2D eigenvalue weighted by Gasteiger charge is -2.15. The van der Waals surface area contributed by atoms with E-state index in [1.54, 1.807) is 25.1 Å². The maximum atomic E-state index is 14.0. The molecule has 0 spiro atoms. The van der Waals surface area contributed by atoms with Gasteiger partial charge in [-0.3, -0.25) is 0 Å². The van der Waals surface area contributed by atoms with Crippen molar-refractivity contribution in [3.63, 3.8) is 0 Å². The second kappa shape index (κ2) is 8.37. The number of hydrogen-bond donors (Lipinski definition) is 0. The monoisotopic (exact) mass is 473 g/mol. The molecule has 0 bridgehead atoms. The van der Waals surface area contributed by atoms with Gasteiger partial charge < -0.3 is 4.74 Å². The SMILES string of the molecule is Cc1cc(C)c(COc2cc(C(F)(F)F)c3c(C)nn(-c4cccc(Cl)c4C)c3n2)c(C)c1. The molecule has 0 radical (unpaired) electrons. The molecule has 8 heteroatoms. The number of nitrogens with zero attached hydrogens (tertiary/aromatic N) is 3. The Bertz CT molecular complexity index is 1350. The summed E-state index contributed by atoms with van der Waals surface area (Å²) in [6.07, 6.45) is -4.60. The summed E-state index contributed by atoms with van der Waals surface area (Å²) in [5, 5.41) is 4.80. The second-order valence-corrected chi connectivity index (χ2v) is 8.66. The van der Waals surface area contributed by atoms with Crippen LogP contribution in [0, 0.1) is 34.6 Å². The van der Waals surface area contributed by atoms with Crippen molar-refractivity contribution in [3.05, 3.63) is 80.5 Å². The minimum Gasteiger partial charge on any atom is -0.473 e. The summed E-state index contributed by atoms with van der Waals surface area (Å²) in [5.41, 5.74) is 4.78. The standard InChI is InChI=1S/C25H23ClF3N3O/c1-13-9-14(2)18(15(3)10-13)12-33-22-11-19(25(27,28)29)23-17(5)31-32(24(23)30-22)21-8-6-7-20(26)16(21)4/h6-11H,12H2,1-5H3. The van der Waals surface area contributed by atoms with Gasteiger partial charge in [-0.2, -0.15) is 23.3 Å². The molecule has 0 unspecified atom stereocenters. The van der Waals surface area contributed by atoms with Gasteiger partial charge in [-0.1, -0.05) is 35.4 Å². The van der Waals surface area contributed by atoms with Gasteiger partial charge in [-0.05, 0) is 69.0 Å². The molecule has 4 nitrogen and oxygen atoms in total. The van der Waals surface area contributed by atoms with E-state index in [1.807, 2.05) is 32.9 Å². The minimum atomic E-state index is -4.60. The lowest BCUT2D eigenvalue weighted by atomic mass is 10.0. The topological polar surface area (TPSA) is 39.9 Å². The quantitative estimate of drug-likeness (QED) is 0.314. The zero-order valence-corrected chi connectivity index (χ0v) is 19.7. The number of pyridine rings is 1. The third kappa shape index (κ3) is 4.29. The molecule has 2 aromatic heterocycles. The van der Waals surface area contributed by atoms with Gasteiger partial charge in [0.05, 0.1) is 22.3 Å². The van der Waals surface area contributed by atoms with Gasteiger partial charge in [0.25, 0.3) is 0 Å². The minimum absolute atomic E-state index is 0.0584. The fourth-order valence-corrected chi connectivity index (χ4v) is 4.31. The van der Waals surface area contributed by atoms with Crippen molar-refractivity contribution in [3.8, 4) is 11.6 Å². The van der Waals surface area contributed by atoms with Crippen LogP contribution in [-0.4, -0.2) is 14.8 Å². The highest BCUT2D eigenvalue weighted by atomic mass is 35.5. The molecular weight excluding hydrogens is 451 g/mol.